The van der Waals surface area contributed by atoms with Gasteiger partial charge in [-0.05, 0) is 6.42 Å². The van der Waals surface area contributed by atoms with Crippen molar-refractivity contribution in [1.29, 1.82) is 0 Å². The highest BCUT2D eigenvalue weighted by atomic mass is 16.5. The summed E-state index contributed by atoms with van der Waals surface area (Å²) in [6.45, 7) is 8.48. The highest BCUT2D eigenvalue weighted by Crippen LogP contribution is 1.98. The average Bonchev–Trinajstić information content (AvgIpc) is 2.65. The Kier molecular flexibility index (Phi) is 15.9. The molecule has 0 aromatic rings. The number of carbonyl (C=O) groups is 3. The zero-order valence-electron chi connectivity index (χ0n) is 16.3. The molecule has 0 heterocycles. The number of Topliss-reactive ketones (excluding diaryl/α,β-unsaturated/α-hetero) is 1. The molecule has 1 unspecified atom stereocenters. The van der Waals surface area contributed by atoms with Crippen molar-refractivity contribution in [2.24, 2.45) is 5.92 Å². The van der Waals surface area contributed by atoms with Gasteiger partial charge in [0, 0.05) is 34.7 Å². The molecule has 156 valence electrons. The van der Waals surface area contributed by atoms with Crippen molar-refractivity contribution in [3.63, 3.8) is 0 Å². The molecular formula is C18H38N2O6. The van der Waals surface area contributed by atoms with Gasteiger partial charge in [0.1, 0.15) is 6.61 Å². The monoisotopic (exact) mass is 378 g/mol. The van der Waals surface area contributed by atoms with Crippen LogP contribution in [0.2, 0.25) is 0 Å². The molecule has 0 rings (SSSR count). The molecule has 0 aromatic carbocycles. The van der Waals surface area contributed by atoms with Crippen LogP contribution in [-0.4, -0.2) is 70.3 Å². The first-order chi connectivity index (χ1) is 12.5. The number of amides is 2. The Hall–Kier alpha value is -1.51. The van der Waals surface area contributed by atoms with Gasteiger partial charge in [-0.25, -0.2) is 0 Å². The van der Waals surface area contributed by atoms with E-state index < -0.39 is 0 Å². The van der Waals surface area contributed by atoms with Gasteiger partial charge >= 0.3 is 0 Å². The van der Waals surface area contributed by atoms with E-state index in [0.717, 1.165) is 6.42 Å². The molecule has 0 radical (unpaired) electrons. The average molecular weight is 379 g/mol. The minimum Gasteiger partial charge on any atom is -0.379 e. The SMILES string of the molecule is CCC(=O)COCCNC(=O)CCOCCOCCNC(=O)C(C)CC.[HH].[HH]. The Morgan fingerprint density at radius 1 is 0.885 bits per heavy atom. The van der Waals surface area contributed by atoms with Crippen molar-refractivity contribution >= 4 is 17.6 Å². The summed E-state index contributed by atoms with van der Waals surface area (Å²) in [5.41, 5.74) is 0. The summed E-state index contributed by atoms with van der Waals surface area (Å²) in [5, 5.41) is 5.49. The predicted molar refractivity (Wildman–Crippen MR) is 102 cm³/mol. The second-order valence-electron chi connectivity index (χ2n) is 5.87. The van der Waals surface area contributed by atoms with E-state index in [1.54, 1.807) is 6.92 Å². The van der Waals surface area contributed by atoms with Crippen LogP contribution in [0.1, 0.15) is 42.9 Å². The van der Waals surface area contributed by atoms with Crippen LogP contribution in [0.15, 0.2) is 0 Å². The third kappa shape index (κ3) is 14.8. The first-order valence-electron chi connectivity index (χ1n) is 9.30. The van der Waals surface area contributed by atoms with E-state index in [4.69, 9.17) is 14.2 Å². The first kappa shape index (κ1) is 24.5. The van der Waals surface area contributed by atoms with Crippen molar-refractivity contribution in [1.82, 2.24) is 10.6 Å². The Morgan fingerprint density at radius 2 is 1.50 bits per heavy atom. The third-order valence-corrected chi connectivity index (χ3v) is 3.68. The van der Waals surface area contributed by atoms with Crippen molar-refractivity contribution in [3.8, 4) is 0 Å². The molecule has 0 aliphatic carbocycles. The highest BCUT2D eigenvalue weighted by Gasteiger charge is 2.08. The van der Waals surface area contributed by atoms with Crippen LogP contribution in [-0.2, 0) is 28.6 Å². The number of rotatable bonds is 17. The van der Waals surface area contributed by atoms with Crippen LogP contribution in [0.5, 0.6) is 0 Å². The molecule has 0 saturated carbocycles. The summed E-state index contributed by atoms with van der Waals surface area (Å²) in [7, 11) is 0. The molecule has 0 aromatic heterocycles. The number of ether oxygens (including phenoxy) is 3. The van der Waals surface area contributed by atoms with Gasteiger partial charge in [0.2, 0.25) is 11.8 Å². The van der Waals surface area contributed by atoms with Crippen LogP contribution in [0, 0.1) is 5.92 Å². The first-order valence-corrected chi connectivity index (χ1v) is 9.30. The summed E-state index contributed by atoms with van der Waals surface area (Å²) < 4.78 is 15.8. The molecule has 2 N–H and O–H groups in total. The Bertz CT molecular complexity index is 414. The quantitative estimate of drug-likeness (QED) is 0.368. The molecule has 26 heavy (non-hydrogen) atoms. The molecule has 0 aliphatic rings. The summed E-state index contributed by atoms with van der Waals surface area (Å²) in [6, 6.07) is 0. The van der Waals surface area contributed by atoms with E-state index in [1.807, 2.05) is 13.8 Å². The predicted octanol–water partition coefficient (Wildman–Crippen LogP) is 1.18. The maximum absolute atomic E-state index is 11.5. The summed E-state index contributed by atoms with van der Waals surface area (Å²) >= 11 is 0. The number of hydrogen-bond acceptors (Lipinski definition) is 6. The smallest absolute Gasteiger partial charge is 0.222 e. The van der Waals surface area contributed by atoms with Gasteiger partial charge in [0.05, 0.1) is 33.0 Å². The van der Waals surface area contributed by atoms with Gasteiger partial charge in [-0.3, -0.25) is 14.4 Å². The normalized spacial score (nSPS) is 11.8. The van der Waals surface area contributed by atoms with E-state index in [2.05, 4.69) is 10.6 Å². The van der Waals surface area contributed by atoms with Crippen LogP contribution >= 0.6 is 0 Å². The largest absolute Gasteiger partial charge is 0.379 e. The molecule has 0 bridgehead atoms. The number of nitrogens with one attached hydrogen (secondary N) is 2. The second-order valence-corrected chi connectivity index (χ2v) is 5.87. The number of carbonyl (C=O) groups excluding carboxylic acids is 3. The van der Waals surface area contributed by atoms with Crippen LogP contribution < -0.4 is 10.6 Å². The second kappa shape index (κ2) is 16.9. The van der Waals surface area contributed by atoms with E-state index in [1.165, 1.54) is 0 Å². The Morgan fingerprint density at radius 3 is 2.15 bits per heavy atom. The van der Waals surface area contributed by atoms with Gasteiger partial charge in [-0.2, -0.15) is 0 Å². The van der Waals surface area contributed by atoms with Crippen LogP contribution in [0.4, 0.5) is 0 Å². The topological polar surface area (TPSA) is 103 Å². The minimum atomic E-state index is -0.121. The lowest BCUT2D eigenvalue weighted by Gasteiger charge is -2.10. The summed E-state index contributed by atoms with van der Waals surface area (Å²) in [6.07, 6.45) is 1.54. The number of hydrogen-bond donors (Lipinski definition) is 2. The summed E-state index contributed by atoms with van der Waals surface area (Å²) in [4.78, 5) is 34.1. The van der Waals surface area contributed by atoms with Crippen molar-refractivity contribution in [2.45, 2.75) is 40.0 Å². The maximum atomic E-state index is 11.5. The lowest BCUT2D eigenvalue weighted by Crippen LogP contribution is -2.32. The van der Waals surface area contributed by atoms with Crippen molar-refractivity contribution < 1.29 is 31.4 Å². The lowest BCUT2D eigenvalue weighted by molar-refractivity contribution is -0.125. The fourth-order valence-corrected chi connectivity index (χ4v) is 1.73. The molecule has 2 amide bonds. The standard InChI is InChI=1S/C18H34N2O6.2H2/c1-4-15(3)18(23)20-8-10-25-13-12-24-9-6-17(22)19-7-11-26-14-16(21)5-2;;/h15H,4-14H2,1-3H3,(H,19,22)(H,20,23);2*1H. The molecule has 1 atom stereocenters. The molecular weight excluding hydrogens is 340 g/mol. The van der Waals surface area contributed by atoms with Crippen LogP contribution in [0.25, 0.3) is 0 Å². The van der Waals surface area contributed by atoms with Gasteiger partial charge in [0.25, 0.3) is 0 Å². The van der Waals surface area contributed by atoms with E-state index in [-0.39, 0.29) is 39.4 Å². The zero-order valence-corrected chi connectivity index (χ0v) is 16.3. The summed E-state index contributed by atoms with van der Waals surface area (Å²) in [5.74, 6) is -0.00969. The van der Waals surface area contributed by atoms with E-state index >= 15 is 0 Å². The highest BCUT2D eigenvalue weighted by molar-refractivity contribution is 5.79. The minimum absolute atomic E-state index is 0. The zero-order chi connectivity index (χ0) is 19.6. The van der Waals surface area contributed by atoms with Gasteiger partial charge in [-0.15, -0.1) is 0 Å². The number of ketones is 1. The van der Waals surface area contributed by atoms with Crippen LogP contribution in [0.3, 0.4) is 0 Å². The van der Waals surface area contributed by atoms with Gasteiger partial charge in [0.15, 0.2) is 5.78 Å². The van der Waals surface area contributed by atoms with E-state index in [9.17, 15) is 14.4 Å². The molecule has 0 saturated heterocycles. The van der Waals surface area contributed by atoms with Gasteiger partial charge in [-0.1, -0.05) is 20.8 Å². The lowest BCUT2D eigenvalue weighted by atomic mass is 10.1. The van der Waals surface area contributed by atoms with Crippen molar-refractivity contribution in [2.75, 3.05) is 52.7 Å². The third-order valence-electron chi connectivity index (χ3n) is 3.68. The molecule has 0 fully saturated rings. The fraction of sp³-hybridized carbons (Fsp3) is 0.833. The molecule has 0 spiro atoms. The fourth-order valence-electron chi connectivity index (χ4n) is 1.73. The Labute approximate surface area is 159 Å². The van der Waals surface area contributed by atoms with E-state index in [0.29, 0.717) is 52.5 Å². The van der Waals surface area contributed by atoms with Crippen molar-refractivity contribution in [3.05, 3.63) is 0 Å². The molecule has 0 aliphatic heterocycles. The van der Waals surface area contributed by atoms with Gasteiger partial charge < -0.3 is 24.8 Å². The Balaban J connectivity index is -0.00000312. The molecule has 8 nitrogen and oxygen atoms in total. The maximum Gasteiger partial charge on any atom is 0.222 e. The molecule has 8 heteroatoms.